The Kier molecular flexibility index (Phi) is 6.65. The van der Waals surface area contributed by atoms with Crippen LogP contribution >= 0.6 is 0 Å². The van der Waals surface area contributed by atoms with E-state index in [1.807, 2.05) is 12.3 Å². The van der Waals surface area contributed by atoms with Gasteiger partial charge in [0.15, 0.2) is 5.96 Å². The van der Waals surface area contributed by atoms with Crippen LogP contribution in [-0.4, -0.2) is 56.1 Å². The van der Waals surface area contributed by atoms with Crippen LogP contribution in [-0.2, 0) is 13.1 Å². The van der Waals surface area contributed by atoms with Crippen molar-refractivity contribution in [3.63, 3.8) is 0 Å². The van der Waals surface area contributed by atoms with Crippen molar-refractivity contribution in [1.29, 1.82) is 0 Å². The van der Waals surface area contributed by atoms with Crippen molar-refractivity contribution >= 4 is 11.8 Å². The lowest BCUT2D eigenvalue weighted by atomic mass is 10.1. The molecule has 1 aromatic heterocycles. The molecule has 0 radical (unpaired) electrons. The maximum atomic E-state index is 4.64. The number of aryl methyl sites for hydroxylation is 1. The van der Waals surface area contributed by atoms with E-state index in [2.05, 4.69) is 74.7 Å². The minimum absolute atomic E-state index is 0.697. The largest absolute Gasteiger partial charge is 0.354 e. The van der Waals surface area contributed by atoms with Crippen molar-refractivity contribution in [2.75, 3.05) is 45.2 Å². The van der Waals surface area contributed by atoms with Crippen molar-refractivity contribution in [3.05, 3.63) is 59.3 Å². The van der Waals surface area contributed by atoms with Gasteiger partial charge in [-0.3, -0.25) is 4.99 Å². The van der Waals surface area contributed by atoms with Gasteiger partial charge in [0.05, 0.1) is 0 Å². The normalized spacial score (nSPS) is 15.7. The van der Waals surface area contributed by atoms with Gasteiger partial charge in [0, 0.05) is 58.1 Å². The van der Waals surface area contributed by atoms with Crippen molar-refractivity contribution in [2.24, 2.45) is 4.99 Å². The fourth-order valence-corrected chi connectivity index (χ4v) is 3.28. The summed E-state index contributed by atoms with van der Waals surface area (Å²) in [6.45, 7) is 7.73. The summed E-state index contributed by atoms with van der Waals surface area (Å²) in [5, 5.41) is 6.81. The highest BCUT2D eigenvalue weighted by molar-refractivity contribution is 5.79. The zero-order valence-corrected chi connectivity index (χ0v) is 16.6. The minimum Gasteiger partial charge on any atom is -0.354 e. The van der Waals surface area contributed by atoms with E-state index >= 15 is 0 Å². The second-order valence-electron chi connectivity index (χ2n) is 7.04. The standard InChI is InChI=1S/C21H30N6/c1-17-6-4-7-18(14-17)15-24-21(22-2)25-16-19-8-5-9-23-20(19)27-12-10-26(3)11-13-27/h4-9,14H,10-13,15-16H2,1-3H3,(H2,22,24,25). The molecule has 0 spiro atoms. The number of guanidine groups is 1. The summed E-state index contributed by atoms with van der Waals surface area (Å²) in [7, 11) is 3.97. The van der Waals surface area contributed by atoms with E-state index < -0.39 is 0 Å². The van der Waals surface area contributed by atoms with Crippen molar-refractivity contribution in [1.82, 2.24) is 20.5 Å². The van der Waals surface area contributed by atoms with E-state index in [9.17, 15) is 0 Å². The number of benzene rings is 1. The Morgan fingerprint density at radius 2 is 1.85 bits per heavy atom. The Morgan fingerprint density at radius 3 is 2.59 bits per heavy atom. The number of aromatic nitrogens is 1. The number of nitrogens with one attached hydrogen (secondary N) is 2. The molecule has 27 heavy (non-hydrogen) atoms. The average Bonchev–Trinajstić information content (AvgIpc) is 2.69. The zero-order valence-electron chi connectivity index (χ0n) is 16.6. The van der Waals surface area contributed by atoms with Crippen molar-refractivity contribution in [3.8, 4) is 0 Å². The molecule has 0 atom stereocenters. The molecule has 2 heterocycles. The number of likely N-dealkylation sites (N-methyl/N-ethyl adjacent to an activating group) is 1. The summed E-state index contributed by atoms with van der Waals surface area (Å²) >= 11 is 0. The van der Waals surface area contributed by atoms with E-state index in [0.717, 1.165) is 44.5 Å². The van der Waals surface area contributed by atoms with Gasteiger partial charge in [-0.15, -0.1) is 0 Å². The molecule has 1 aliphatic rings. The Bertz CT molecular complexity index is 765. The van der Waals surface area contributed by atoms with Gasteiger partial charge in [-0.25, -0.2) is 4.98 Å². The van der Waals surface area contributed by atoms with Crippen LogP contribution < -0.4 is 15.5 Å². The third-order valence-corrected chi connectivity index (χ3v) is 4.88. The smallest absolute Gasteiger partial charge is 0.191 e. The monoisotopic (exact) mass is 366 g/mol. The molecule has 2 aromatic rings. The number of rotatable bonds is 5. The fraction of sp³-hybridized carbons (Fsp3) is 0.429. The lowest BCUT2D eigenvalue weighted by Gasteiger charge is -2.34. The van der Waals surface area contributed by atoms with E-state index in [1.54, 1.807) is 7.05 Å². The molecule has 0 bridgehead atoms. The molecule has 1 fully saturated rings. The number of piperazine rings is 1. The minimum atomic E-state index is 0.697. The SMILES string of the molecule is CN=C(NCc1cccc(C)c1)NCc1cccnc1N1CCN(C)CC1. The first-order valence-corrected chi connectivity index (χ1v) is 9.53. The highest BCUT2D eigenvalue weighted by Gasteiger charge is 2.17. The molecule has 0 unspecified atom stereocenters. The van der Waals surface area contributed by atoms with Gasteiger partial charge in [-0.2, -0.15) is 0 Å². The Hall–Kier alpha value is -2.60. The van der Waals surface area contributed by atoms with Crippen LogP contribution in [0.2, 0.25) is 0 Å². The molecule has 144 valence electrons. The predicted molar refractivity (Wildman–Crippen MR) is 112 cm³/mol. The van der Waals surface area contributed by atoms with Gasteiger partial charge >= 0.3 is 0 Å². The molecule has 6 nitrogen and oxygen atoms in total. The van der Waals surface area contributed by atoms with Gasteiger partial charge in [-0.05, 0) is 25.6 Å². The van der Waals surface area contributed by atoms with Crippen LogP contribution in [0.3, 0.4) is 0 Å². The molecule has 1 aromatic carbocycles. The van der Waals surface area contributed by atoms with Gasteiger partial charge in [0.2, 0.25) is 0 Å². The molecule has 3 rings (SSSR count). The van der Waals surface area contributed by atoms with Crippen molar-refractivity contribution in [2.45, 2.75) is 20.0 Å². The van der Waals surface area contributed by atoms with Crippen molar-refractivity contribution < 1.29 is 0 Å². The number of anilines is 1. The molecule has 2 N–H and O–H groups in total. The van der Waals surface area contributed by atoms with Crippen LogP contribution in [0.15, 0.2) is 47.6 Å². The predicted octanol–water partition coefficient (Wildman–Crippen LogP) is 2.01. The number of pyridine rings is 1. The van der Waals surface area contributed by atoms with Crippen LogP contribution in [0.5, 0.6) is 0 Å². The topological polar surface area (TPSA) is 55.8 Å². The van der Waals surface area contributed by atoms with Gasteiger partial charge in [0.1, 0.15) is 5.82 Å². The quantitative estimate of drug-likeness (QED) is 0.626. The third kappa shape index (κ3) is 5.44. The number of hydrogen-bond donors (Lipinski definition) is 2. The molecule has 6 heteroatoms. The summed E-state index contributed by atoms with van der Waals surface area (Å²) in [5.74, 6) is 1.87. The first-order chi connectivity index (χ1) is 13.2. The maximum Gasteiger partial charge on any atom is 0.191 e. The highest BCUT2D eigenvalue weighted by Crippen LogP contribution is 2.18. The van der Waals surface area contributed by atoms with Crippen LogP contribution in [0, 0.1) is 6.92 Å². The molecule has 0 saturated carbocycles. The first-order valence-electron chi connectivity index (χ1n) is 9.53. The van der Waals surface area contributed by atoms with E-state index in [1.165, 1.54) is 16.7 Å². The number of aliphatic imine (C=N–C) groups is 1. The number of nitrogens with zero attached hydrogens (tertiary/aromatic N) is 4. The molecule has 1 saturated heterocycles. The number of hydrogen-bond acceptors (Lipinski definition) is 4. The third-order valence-electron chi connectivity index (χ3n) is 4.88. The summed E-state index contributed by atoms with van der Waals surface area (Å²) in [6, 6.07) is 12.6. The van der Waals surface area contributed by atoms with Gasteiger partial charge < -0.3 is 20.4 Å². The summed E-state index contributed by atoms with van der Waals surface area (Å²) in [6.07, 6.45) is 1.88. The lowest BCUT2D eigenvalue weighted by molar-refractivity contribution is 0.312. The van der Waals surface area contributed by atoms with E-state index in [4.69, 9.17) is 0 Å². The summed E-state index contributed by atoms with van der Waals surface area (Å²) in [4.78, 5) is 13.7. The first kappa shape index (κ1) is 19.2. The second-order valence-corrected chi connectivity index (χ2v) is 7.04. The highest BCUT2D eigenvalue weighted by atomic mass is 15.3. The maximum absolute atomic E-state index is 4.64. The lowest BCUT2D eigenvalue weighted by Crippen LogP contribution is -2.45. The molecular formula is C21H30N6. The second kappa shape index (κ2) is 9.37. The Labute approximate surface area is 162 Å². The molecular weight excluding hydrogens is 336 g/mol. The average molecular weight is 367 g/mol. The molecule has 1 aliphatic heterocycles. The van der Waals surface area contributed by atoms with Gasteiger partial charge in [0.25, 0.3) is 0 Å². The Balaban J connectivity index is 1.58. The fourth-order valence-electron chi connectivity index (χ4n) is 3.28. The summed E-state index contributed by atoms with van der Waals surface area (Å²) < 4.78 is 0. The van der Waals surface area contributed by atoms with Crippen LogP contribution in [0.4, 0.5) is 5.82 Å². The van der Waals surface area contributed by atoms with Crippen LogP contribution in [0.25, 0.3) is 0 Å². The van der Waals surface area contributed by atoms with E-state index in [-0.39, 0.29) is 0 Å². The molecule has 0 amide bonds. The van der Waals surface area contributed by atoms with Crippen LogP contribution in [0.1, 0.15) is 16.7 Å². The van der Waals surface area contributed by atoms with Gasteiger partial charge in [-0.1, -0.05) is 35.9 Å². The molecule has 0 aliphatic carbocycles. The Morgan fingerprint density at radius 1 is 1.07 bits per heavy atom. The summed E-state index contributed by atoms with van der Waals surface area (Å²) in [5.41, 5.74) is 3.71. The zero-order chi connectivity index (χ0) is 19.1. The van der Waals surface area contributed by atoms with E-state index in [0.29, 0.717) is 6.54 Å².